The van der Waals surface area contributed by atoms with Crippen molar-refractivity contribution < 1.29 is 14.6 Å². The smallest absolute Gasteiger partial charge is 0.217 e. The lowest BCUT2D eigenvalue weighted by atomic mass is 9.86. The van der Waals surface area contributed by atoms with E-state index < -0.39 is 0 Å². The van der Waals surface area contributed by atoms with Gasteiger partial charge in [0.2, 0.25) is 5.88 Å². The van der Waals surface area contributed by atoms with Gasteiger partial charge in [0.25, 0.3) is 0 Å². The van der Waals surface area contributed by atoms with Gasteiger partial charge in [-0.3, -0.25) is 0 Å². The summed E-state index contributed by atoms with van der Waals surface area (Å²) < 4.78 is 11.2. The molecule has 0 radical (unpaired) electrons. The maximum absolute atomic E-state index is 10.0. The molecule has 1 fully saturated rings. The van der Waals surface area contributed by atoms with E-state index in [-0.39, 0.29) is 18.1 Å². The van der Waals surface area contributed by atoms with Gasteiger partial charge in [-0.25, -0.2) is 4.98 Å². The van der Waals surface area contributed by atoms with Crippen molar-refractivity contribution in [3.63, 3.8) is 0 Å². The van der Waals surface area contributed by atoms with Crippen LogP contribution in [0, 0.1) is 5.92 Å². The number of nitrogens with zero attached hydrogens (tertiary/aromatic N) is 2. The summed E-state index contributed by atoms with van der Waals surface area (Å²) in [5.41, 5.74) is 1.87. The number of rotatable bonds is 2. The SMILES string of the molecule is CC(C)c1nc(O)c2c(n1)CC(C1OCCO1)CC2. The summed E-state index contributed by atoms with van der Waals surface area (Å²) in [7, 11) is 0. The Labute approximate surface area is 113 Å². The summed E-state index contributed by atoms with van der Waals surface area (Å²) in [6.07, 6.45) is 2.45. The zero-order chi connectivity index (χ0) is 13.4. The molecule has 0 aromatic carbocycles. The van der Waals surface area contributed by atoms with Crippen LogP contribution in [0.4, 0.5) is 0 Å². The predicted octanol–water partition coefficient (Wildman–Crippen LogP) is 1.78. The Morgan fingerprint density at radius 1 is 1.21 bits per heavy atom. The van der Waals surface area contributed by atoms with Crippen molar-refractivity contribution in [2.75, 3.05) is 13.2 Å². The highest BCUT2D eigenvalue weighted by molar-refractivity contribution is 5.33. The lowest BCUT2D eigenvalue weighted by Gasteiger charge is -2.27. The van der Waals surface area contributed by atoms with Gasteiger partial charge < -0.3 is 14.6 Å². The van der Waals surface area contributed by atoms with E-state index in [0.717, 1.165) is 30.5 Å². The van der Waals surface area contributed by atoms with Gasteiger partial charge >= 0.3 is 0 Å². The zero-order valence-electron chi connectivity index (χ0n) is 11.4. The second-order valence-electron chi connectivity index (χ2n) is 5.60. The molecular formula is C14H20N2O3. The summed E-state index contributed by atoms with van der Waals surface area (Å²) in [5, 5.41) is 10.0. The Balaban J connectivity index is 1.86. The van der Waals surface area contributed by atoms with Crippen molar-refractivity contribution in [3.8, 4) is 5.88 Å². The molecule has 2 aliphatic rings. The number of aromatic nitrogens is 2. The first kappa shape index (κ1) is 12.8. The summed E-state index contributed by atoms with van der Waals surface area (Å²) in [6, 6.07) is 0. The molecule has 5 heteroatoms. The van der Waals surface area contributed by atoms with Crippen molar-refractivity contribution in [3.05, 3.63) is 17.1 Å². The summed E-state index contributed by atoms with van der Waals surface area (Å²) in [6.45, 7) is 5.43. The average Bonchev–Trinajstić information content (AvgIpc) is 2.91. The highest BCUT2D eigenvalue weighted by atomic mass is 16.7. The molecule has 3 rings (SSSR count). The lowest BCUT2D eigenvalue weighted by molar-refractivity contribution is -0.0868. The molecule has 2 heterocycles. The summed E-state index contributed by atoms with van der Waals surface area (Å²) in [4.78, 5) is 8.80. The van der Waals surface area contributed by atoms with E-state index in [0.29, 0.717) is 25.0 Å². The molecule has 1 atom stereocenters. The normalized spacial score (nSPS) is 23.8. The molecule has 1 aliphatic carbocycles. The molecule has 1 aromatic rings. The van der Waals surface area contributed by atoms with Gasteiger partial charge in [0, 0.05) is 17.4 Å². The molecule has 1 aromatic heterocycles. The quantitative estimate of drug-likeness (QED) is 0.882. The van der Waals surface area contributed by atoms with Gasteiger partial charge in [-0.15, -0.1) is 0 Å². The number of fused-ring (bicyclic) bond motifs is 1. The van der Waals surface area contributed by atoms with Crippen LogP contribution < -0.4 is 0 Å². The minimum Gasteiger partial charge on any atom is -0.493 e. The van der Waals surface area contributed by atoms with Crippen LogP contribution in [0.1, 0.15) is 43.3 Å². The van der Waals surface area contributed by atoms with E-state index >= 15 is 0 Å². The molecule has 1 N–H and O–H groups in total. The standard InChI is InChI=1S/C14H20N2O3/c1-8(2)12-15-11-7-9(14-18-5-6-19-14)3-4-10(11)13(17)16-12/h8-9,14H,3-7H2,1-2H3,(H,15,16,17). The van der Waals surface area contributed by atoms with Gasteiger partial charge in [0.1, 0.15) is 5.82 Å². The van der Waals surface area contributed by atoms with Crippen LogP contribution in [0.5, 0.6) is 5.88 Å². The number of hydrogen-bond donors (Lipinski definition) is 1. The monoisotopic (exact) mass is 264 g/mol. The molecule has 1 aliphatic heterocycles. The number of hydrogen-bond acceptors (Lipinski definition) is 5. The van der Waals surface area contributed by atoms with E-state index in [2.05, 4.69) is 9.97 Å². The van der Waals surface area contributed by atoms with Crippen molar-refractivity contribution in [2.45, 2.75) is 45.3 Å². The van der Waals surface area contributed by atoms with Crippen molar-refractivity contribution >= 4 is 0 Å². The van der Waals surface area contributed by atoms with Crippen molar-refractivity contribution in [1.82, 2.24) is 9.97 Å². The van der Waals surface area contributed by atoms with Crippen LogP contribution in [-0.4, -0.2) is 34.6 Å². The fourth-order valence-electron chi connectivity index (χ4n) is 2.78. The molecule has 5 nitrogen and oxygen atoms in total. The fourth-order valence-corrected chi connectivity index (χ4v) is 2.78. The second kappa shape index (κ2) is 5.06. The van der Waals surface area contributed by atoms with Gasteiger partial charge in [0.05, 0.1) is 18.9 Å². The van der Waals surface area contributed by atoms with Gasteiger partial charge in [-0.1, -0.05) is 13.8 Å². The van der Waals surface area contributed by atoms with Crippen LogP contribution in [0.2, 0.25) is 0 Å². The third-order valence-electron chi connectivity index (χ3n) is 3.86. The van der Waals surface area contributed by atoms with E-state index in [4.69, 9.17) is 9.47 Å². The Bertz CT molecular complexity index is 470. The second-order valence-corrected chi connectivity index (χ2v) is 5.60. The Morgan fingerprint density at radius 3 is 2.63 bits per heavy atom. The van der Waals surface area contributed by atoms with Gasteiger partial charge in [-0.05, 0) is 19.3 Å². The molecule has 0 amide bonds. The molecule has 1 unspecified atom stereocenters. The Kier molecular flexibility index (Phi) is 3.41. The summed E-state index contributed by atoms with van der Waals surface area (Å²) in [5.74, 6) is 1.42. The van der Waals surface area contributed by atoms with Crippen molar-refractivity contribution in [1.29, 1.82) is 0 Å². The Hall–Kier alpha value is -1.20. The first-order chi connectivity index (χ1) is 9.15. The Morgan fingerprint density at radius 2 is 1.95 bits per heavy atom. The van der Waals surface area contributed by atoms with Crippen LogP contribution >= 0.6 is 0 Å². The van der Waals surface area contributed by atoms with Gasteiger partial charge in [0.15, 0.2) is 6.29 Å². The number of aromatic hydroxyl groups is 1. The van der Waals surface area contributed by atoms with Gasteiger partial charge in [-0.2, -0.15) is 4.98 Å². The lowest BCUT2D eigenvalue weighted by Crippen LogP contribution is -2.28. The molecular weight excluding hydrogens is 244 g/mol. The van der Waals surface area contributed by atoms with E-state index in [1.165, 1.54) is 0 Å². The van der Waals surface area contributed by atoms with Crippen LogP contribution in [-0.2, 0) is 22.3 Å². The van der Waals surface area contributed by atoms with Crippen LogP contribution in [0.25, 0.3) is 0 Å². The summed E-state index contributed by atoms with van der Waals surface area (Å²) >= 11 is 0. The maximum atomic E-state index is 10.0. The largest absolute Gasteiger partial charge is 0.493 e. The molecule has 1 saturated heterocycles. The van der Waals surface area contributed by atoms with E-state index in [9.17, 15) is 5.11 Å². The third kappa shape index (κ3) is 2.44. The minimum absolute atomic E-state index is 0.104. The van der Waals surface area contributed by atoms with Crippen molar-refractivity contribution in [2.24, 2.45) is 5.92 Å². The molecule has 0 bridgehead atoms. The first-order valence-electron chi connectivity index (χ1n) is 6.97. The molecule has 0 saturated carbocycles. The first-order valence-corrected chi connectivity index (χ1v) is 6.97. The zero-order valence-corrected chi connectivity index (χ0v) is 11.4. The molecule has 0 spiro atoms. The minimum atomic E-state index is -0.104. The fraction of sp³-hybridized carbons (Fsp3) is 0.714. The maximum Gasteiger partial charge on any atom is 0.217 e. The highest BCUT2D eigenvalue weighted by Gasteiger charge is 2.32. The topological polar surface area (TPSA) is 64.5 Å². The van der Waals surface area contributed by atoms with Crippen LogP contribution in [0.15, 0.2) is 0 Å². The molecule has 19 heavy (non-hydrogen) atoms. The van der Waals surface area contributed by atoms with E-state index in [1.807, 2.05) is 13.8 Å². The third-order valence-corrected chi connectivity index (χ3v) is 3.86. The van der Waals surface area contributed by atoms with Crippen LogP contribution in [0.3, 0.4) is 0 Å². The molecule has 104 valence electrons. The van der Waals surface area contributed by atoms with E-state index in [1.54, 1.807) is 0 Å². The predicted molar refractivity (Wildman–Crippen MR) is 69.0 cm³/mol. The highest BCUT2D eigenvalue weighted by Crippen LogP contribution is 2.33. The number of ether oxygens (including phenoxy) is 2. The average molecular weight is 264 g/mol.